The van der Waals surface area contributed by atoms with Crippen molar-refractivity contribution in [2.45, 2.75) is 0 Å². The lowest BCUT2D eigenvalue weighted by Crippen LogP contribution is -2.00. The van der Waals surface area contributed by atoms with Crippen LogP contribution in [0.15, 0.2) is 174 Å². The highest BCUT2D eigenvalue weighted by molar-refractivity contribution is 7.21. The molecule has 0 radical (unpaired) electrons. The van der Waals surface area contributed by atoms with Gasteiger partial charge in [0.25, 0.3) is 0 Å². The van der Waals surface area contributed by atoms with Crippen LogP contribution in [0, 0.1) is 0 Å². The van der Waals surface area contributed by atoms with Gasteiger partial charge >= 0.3 is 0 Å². The summed E-state index contributed by atoms with van der Waals surface area (Å²) in [6.45, 7) is 0. The zero-order valence-electron chi connectivity index (χ0n) is 27.8. The van der Waals surface area contributed by atoms with Gasteiger partial charge in [0, 0.05) is 21.9 Å². The molecule has 0 aliphatic carbocycles. The van der Waals surface area contributed by atoms with Crippen molar-refractivity contribution in [2.24, 2.45) is 0 Å². The second-order valence-corrected chi connectivity index (χ2v) is 13.7. The Morgan fingerprint density at radius 2 is 0.808 bits per heavy atom. The number of aromatic nitrogens is 4. The normalized spacial score (nSPS) is 11.5. The van der Waals surface area contributed by atoms with E-state index < -0.39 is 0 Å². The zero-order valence-corrected chi connectivity index (χ0v) is 28.6. The Bertz CT molecular complexity index is 2750. The maximum atomic E-state index is 6.81. The summed E-state index contributed by atoms with van der Waals surface area (Å²) in [6.07, 6.45) is 0. The summed E-state index contributed by atoms with van der Waals surface area (Å²) in [5.41, 5.74) is 10.7. The number of thiazole rings is 1. The third kappa shape index (κ3) is 5.34. The molecule has 3 heterocycles. The molecule has 0 amide bonds. The monoisotopic (exact) mass is 684 g/mol. The van der Waals surface area contributed by atoms with Crippen molar-refractivity contribution in [2.75, 3.05) is 0 Å². The Morgan fingerprint density at radius 3 is 1.38 bits per heavy atom. The molecule has 5 nitrogen and oxygen atoms in total. The minimum absolute atomic E-state index is 0.547. The largest absolute Gasteiger partial charge is 0.455 e. The fraction of sp³-hybridized carbons (Fsp3) is 0. The molecule has 0 unspecified atom stereocenters. The Hall–Kier alpha value is -6.76. The van der Waals surface area contributed by atoms with Crippen LogP contribution in [0.25, 0.3) is 99.1 Å². The number of rotatable bonds is 6. The molecule has 0 bridgehead atoms. The van der Waals surface area contributed by atoms with Gasteiger partial charge in [0.05, 0.1) is 21.3 Å². The minimum atomic E-state index is 0.547. The number of nitrogens with zero attached hydrogens (tertiary/aromatic N) is 4. The van der Waals surface area contributed by atoms with E-state index in [-0.39, 0.29) is 0 Å². The lowest BCUT2D eigenvalue weighted by atomic mass is 10.0. The molecule has 7 aromatic carbocycles. The molecule has 0 atom stereocenters. The van der Waals surface area contributed by atoms with Crippen molar-refractivity contribution in [3.63, 3.8) is 0 Å². The highest BCUT2D eigenvalue weighted by Crippen LogP contribution is 2.41. The molecule has 6 heteroatoms. The van der Waals surface area contributed by atoms with Crippen molar-refractivity contribution in [1.82, 2.24) is 19.9 Å². The van der Waals surface area contributed by atoms with Crippen LogP contribution in [-0.2, 0) is 0 Å². The lowest BCUT2D eigenvalue weighted by Gasteiger charge is -2.10. The van der Waals surface area contributed by atoms with Crippen molar-refractivity contribution >= 4 is 43.5 Å². The zero-order chi connectivity index (χ0) is 34.4. The van der Waals surface area contributed by atoms with Crippen LogP contribution >= 0.6 is 11.3 Å². The lowest BCUT2D eigenvalue weighted by molar-refractivity contribution is 0.670. The van der Waals surface area contributed by atoms with Gasteiger partial charge in [-0.15, -0.1) is 11.3 Å². The second kappa shape index (κ2) is 12.5. The Morgan fingerprint density at radius 1 is 0.346 bits per heavy atom. The van der Waals surface area contributed by atoms with Crippen LogP contribution < -0.4 is 0 Å². The maximum Gasteiger partial charge on any atom is 0.167 e. The minimum Gasteiger partial charge on any atom is -0.455 e. The van der Waals surface area contributed by atoms with Gasteiger partial charge in [-0.2, -0.15) is 0 Å². The maximum absolute atomic E-state index is 6.81. The van der Waals surface area contributed by atoms with Crippen molar-refractivity contribution in [1.29, 1.82) is 0 Å². The van der Waals surface area contributed by atoms with Crippen molar-refractivity contribution in [3.05, 3.63) is 170 Å². The van der Waals surface area contributed by atoms with E-state index in [0.717, 1.165) is 81.7 Å². The molecule has 244 valence electrons. The molecule has 10 rings (SSSR count). The first-order chi connectivity index (χ1) is 25.7. The number of hydrogen-bond donors (Lipinski definition) is 0. The van der Waals surface area contributed by atoms with E-state index in [2.05, 4.69) is 127 Å². The van der Waals surface area contributed by atoms with E-state index in [4.69, 9.17) is 24.4 Å². The van der Waals surface area contributed by atoms with E-state index in [9.17, 15) is 0 Å². The standard InChI is InChI=1S/C46H28N4OS/c1-3-11-29(12-4-1)31-21-25-33(26-22-31)43-48-44(34-27-23-32(24-28-34)30-13-5-2-6-14-30)50-45(49-43)37-17-9-15-35-36-16-10-18-38(42(36)51-41(35)37)46-47-39-19-7-8-20-40(39)52-46/h1-28H. The molecule has 52 heavy (non-hydrogen) atoms. The Kier molecular flexibility index (Phi) is 7.25. The molecule has 0 aliphatic heterocycles. The first-order valence-electron chi connectivity index (χ1n) is 17.1. The van der Waals surface area contributed by atoms with Crippen LogP contribution in [0.1, 0.15) is 0 Å². The van der Waals surface area contributed by atoms with Crippen molar-refractivity contribution in [3.8, 4) is 67.0 Å². The number of furan rings is 1. The van der Waals surface area contributed by atoms with Crippen LogP contribution in [0.4, 0.5) is 0 Å². The summed E-state index contributed by atoms with van der Waals surface area (Å²) in [5, 5.41) is 2.95. The SMILES string of the molecule is c1ccc(-c2ccc(-c3nc(-c4ccc(-c5ccccc5)cc4)nc(-c4cccc5c4oc4c(-c6nc7ccccc7s6)cccc45)n3)cc2)cc1. The highest BCUT2D eigenvalue weighted by Gasteiger charge is 2.20. The van der Waals surface area contributed by atoms with E-state index >= 15 is 0 Å². The van der Waals surface area contributed by atoms with Gasteiger partial charge in [-0.25, -0.2) is 19.9 Å². The molecule has 0 saturated carbocycles. The van der Waals surface area contributed by atoms with Gasteiger partial charge in [0.15, 0.2) is 17.5 Å². The third-order valence-electron chi connectivity index (χ3n) is 9.43. The van der Waals surface area contributed by atoms with Crippen LogP contribution in [0.3, 0.4) is 0 Å². The van der Waals surface area contributed by atoms with Gasteiger partial charge < -0.3 is 4.42 Å². The van der Waals surface area contributed by atoms with E-state index in [1.54, 1.807) is 11.3 Å². The molecular weight excluding hydrogens is 657 g/mol. The molecule has 0 fully saturated rings. The Labute approximate surface area is 303 Å². The smallest absolute Gasteiger partial charge is 0.167 e. The summed E-state index contributed by atoms with van der Waals surface area (Å²) in [6, 6.07) is 58.2. The first kappa shape index (κ1) is 30.1. The molecule has 10 aromatic rings. The van der Waals surface area contributed by atoms with Crippen LogP contribution in [0.2, 0.25) is 0 Å². The average molecular weight is 685 g/mol. The van der Waals surface area contributed by atoms with Gasteiger partial charge in [0.2, 0.25) is 0 Å². The van der Waals surface area contributed by atoms with Crippen LogP contribution in [-0.4, -0.2) is 19.9 Å². The fourth-order valence-electron chi connectivity index (χ4n) is 6.79. The molecule has 0 spiro atoms. The van der Waals surface area contributed by atoms with Gasteiger partial charge in [-0.05, 0) is 46.5 Å². The van der Waals surface area contributed by atoms with E-state index in [1.807, 2.05) is 42.5 Å². The number of benzene rings is 7. The molecule has 3 aromatic heterocycles. The summed E-state index contributed by atoms with van der Waals surface area (Å²) in [5.74, 6) is 1.73. The topological polar surface area (TPSA) is 64.7 Å². The third-order valence-corrected chi connectivity index (χ3v) is 10.5. The molecule has 0 saturated heterocycles. The van der Waals surface area contributed by atoms with Gasteiger partial charge in [-0.1, -0.05) is 146 Å². The summed E-state index contributed by atoms with van der Waals surface area (Å²) in [7, 11) is 0. The summed E-state index contributed by atoms with van der Waals surface area (Å²) < 4.78 is 7.95. The fourth-order valence-corrected chi connectivity index (χ4v) is 7.78. The van der Waals surface area contributed by atoms with E-state index in [0.29, 0.717) is 17.5 Å². The summed E-state index contributed by atoms with van der Waals surface area (Å²) >= 11 is 1.67. The molecule has 0 N–H and O–H groups in total. The van der Waals surface area contributed by atoms with Gasteiger partial charge in [0.1, 0.15) is 16.2 Å². The number of para-hydroxylation sites is 3. The average Bonchev–Trinajstić information content (AvgIpc) is 3.84. The Balaban J connectivity index is 1.13. The van der Waals surface area contributed by atoms with Gasteiger partial charge in [-0.3, -0.25) is 0 Å². The summed E-state index contributed by atoms with van der Waals surface area (Å²) in [4.78, 5) is 20.2. The molecule has 0 aliphatic rings. The quantitative estimate of drug-likeness (QED) is 0.174. The van der Waals surface area contributed by atoms with Crippen molar-refractivity contribution < 1.29 is 4.42 Å². The van der Waals surface area contributed by atoms with Crippen LogP contribution in [0.5, 0.6) is 0 Å². The second-order valence-electron chi connectivity index (χ2n) is 12.6. The predicted octanol–water partition coefficient (Wildman–Crippen LogP) is 12.4. The molecular formula is C46H28N4OS. The highest BCUT2D eigenvalue weighted by atomic mass is 32.1. The number of hydrogen-bond acceptors (Lipinski definition) is 6. The van der Waals surface area contributed by atoms with E-state index in [1.165, 1.54) is 0 Å². The predicted molar refractivity (Wildman–Crippen MR) is 213 cm³/mol. The first-order valence-corrected chi connectivity index (χ1v) is 18.0. The number of fused-ring (bicyclic) bond motifs is 4.